The SMILES string of the molecule is COC(=O)CCCCC1(c2cc3ccccc3s2)C23C=C4CC5CC6CC7CC8CC9CC%10CC(C2)C2C%11C%10C9C9C8C8C7C6C6C5C5C7C6C8C9C%11C7C2C31C45. The standard InChI is InChI=1S/C54H60O2S/c1-56-31(55)8-4-5-9-53(30-17-20-6-2-3-7-29(20)57-30)52-18-27-15-25-13-23-12-24-11-21-10-22-14-26-16-28(19-52)50-48-37(26)41-33(22)32(21)39-36(24)40-34(23)35(25)42-38(27)51(54(50,52)53)49-46(42)44(40)43(39)45(41)47(48)49/h2-3,6-7,17,19,21-27,32-51H,4-5,8-16,18H2,1H3. The smallest absolute Gasteiger partial charge is 0.305 e. The number of fused-ring (bicyclic) bond motifs is 1. The molecule has 0 aliphatic heterocycles. The molecule has 1 aromatic heterocycles. The molecule has 17 aliphatic rings. The monoisotopic (exact) mass is 772 g/mol. The minimum atomic E-state index is 0.00857. The zero-order valence-corrected chi connectivity index (χ0v) is 34.6. The fraction of sp³-hybridized carbons (Fsp3) is 0.796. The molecule has 19 rings (SSSR count). The van der Waals surface area contributed by atoms with Crippen LogP contribution in [0.5, 0.6) is 0 Å². The van der Waals surface area contributed by atoms with Gasteiger partial charge in [-0.25, -0.2) is 0 Å². The number of allylic oxidation sites excluding steroid dienone is 2. The van der Waals surface area contributed by atoms with Gasteiger partial charge in [0.05, 0.1) is 7.11 Å². The number of ether oxygens (including phenoxy) is 1. The Morgan fingerprint density at radius 2 is 1.21 bits per heavy atom. The van der Waals surface area contributed by atoms with Crippen molar-refractivity contribution < 1.29 is 9.53 Å². The van der Waals surface area contributed by atoms with E-state index in [1.54, 1.807) is 56.8 Å². The second-order valence-corrected chi connectivity index (χ2v) is 27.0. The first-order valence-electron chi connectivity index (χ1n) is 25.4. The number of hydrogen-bond acceptors (Lipinski definition) is 3. The van der Waals surface area contributed by atoms with Crippen molar-refractivity contribution in [2.24, 2.45) is 171 Å². The quantitative estimate of drug-likeness (QED) is 0.166. The Hall–Kier alpha value is -1.61. The number of unbranched alkanes of at least 4 members (excludes halogenated alkanes) is 1. The molecule has 16 fully saturated rings. The maximum atomic E-state index is 12.7. The number of carbonyl (C=O) groups is 1. The third kappa shape index (κ3) is 2.58. The van der Waals surface area contributed by atoms with Crippen LogP contribution in [0.25, 0.3) is 10.1 Å². The lowest BCUT2D eigenvalue weighted by atomic mass is 9.41. The van der Waals surface area contributed by atoms with Crippen molar-refractivity contribution >= 4 is 27.4 Å². The molecular formula is C54H60O2S. The highest BCUT2D eigenvalue weighted by Crippen LogP contribution is 3.03. The zero-order chi connectivity index (χ0) is 36.1. The molecule has 3 heteroatoms. The van der Waals surface area contributed by atoms with Gasteiger partial charge in [0.1, 0.15) is 0 Å². The van der Waals surface area contributed by atoms with Gasteiger partial charge >= 0.3 is 5.97 Å². The minimum absolute atomic E-state index is 0.00857. The summed E-state index contributed by atoms with van der Waals surface area (Å²) >= 11 is 2.26. The van der Waals surface area contributed by atoms with Gasteiger partial charge in [0, 0.05) is 32.2 Å². The number of benzene rings is 1. The molecular weight excluding hydrogens is 713 g/mol. The first kappa shape index (κ1) is 30.4. The van der Waals surface area contributed by atoms with Crippen LogP contribution in [0.15, 0.2) is 42.0 Å². The minimum Gasteiger partial charge on any atom is -0.469 e. The lowest BCUT2D eigenvalue weighted by Gasteiger charge is -2.62. The molecule has 294 valence electrons. The van der Waals surface area contributed by atoms with E-state index in [0.29, 0.717) is 17.3 Å². The summed E-state index contributed by atoms with van der Waals surface area (Å²) in [7, 11) is 1.60. The van der Waals surface area contributed by atoms with Crippen molar-refractivity contribution in [1.29, 1.82) is 0 Å². The third-order valence-corrected chi connectivity index (χ3v) is 28.0. The number of carbonyl (C=O) groups excluding carboxylic acids is 1. The number of methoxy groups -OCH3 is 1. The van der Waals surface area contributed by atoms with Gasteiger partial charge in [-0.05, 0) is 242 Å². The molecule has 1 spiro atoms. The predicted octanol–water partition coefficient (Wildman–Crippen LogP) is 10.8. The molecule has 0 bridgehead atoms. The molecule has 1 heterocycles. The van der Waals surface area contributed by atoms with Gasteiger partial charge in [-0.1, -0.05) is 36.3 Å². The topological polar surface area (TPSA) is 26.3 Å². The number of thiophene rings is 1. The lowest BCUT2D eigenvalue weighted by molar-refractivity contribution is -0.154. The summed E-state index contributed by atoms with van der Waals surface area (Å²) in [5.41, 5.74) is 3.22. The number of esters is 1. The fourth-order valence-electron chi connectivity index (χ4n) is 28.4. The van der Waals surface area contributed by atoms with Gasteiger partial charge in [-0.3, -0.25) is 4.79 Å². The van der Waals surface area contributed by atoms with Crippen LogP contribution in [-0.4, -0.2) is 13.1 Å². The van der Waals surface area contributed by atoms with E-state index < -0.39 is 0 Å². The summed E-state index contributed by atoms with van der Waals surface area (Å²) in [5, 5.41) is 1.52. The Labute approximate surface area is 342 Å². The molecule has 57 heavy (non-hydrogen) atoms. The van der Waals surface area contributed by atoms with Crippen LogP contribution in [0.4, 0.5) is 0 Å². The Balaban J connectivity index is 0.914. The van der Waals surface area contributed by atoms with E-state index in [4.69, 9.17) is 4.74 Å². The van der Waals surface area contributed by atoms with Gasteiger partial charge in [-0.15, -0.1) is 11.3 Å². The summed E-state index contributed by atoms with van der Waals surface area (Å²) in [6.07, 6.45) is 20.5. The first-order valence-corrected chi connectivity index (χ1v) is 26.2. The molecule has 0 N–H and O–H groups in total. The fourth-order valence-corrected chi connectivity index (χ4v) is 29.8. The molecule has 17 aliphatic carbocycles. The Bertz CT molecular complexity index is 2320. The Morgan fingerprint density at radius 1 is 0.649 bits per heavy atom. The molecule has 0 radical (unpaired) electrons. The van der Waals surface area contributed by atoms with Crippen molar-refractivity contribution in [1.82, 2.24) is 0 Å². The summed E-state index contributed by atoms with van der Waals surface area (Å²) in [4.78, 5) is 14.5. The first-order chi connectivity index (χ1) is 28.1. The van der Waals surface area contributed by atoms with E-state index in [1.165, 1.54) is 48.3 Å². The van der Waals surface area contributed by atoms with E-state index in [2.05, 4.69) is 53.3 Å². The average molecular weight is 773 g/mol. The highest BCUT2D eigenvalue weighted by molar-refractivity contribution is 7.19. The van der Waals surface area contributed by atoms with Gasteiger partial charge in [0.25, 0.3) is 0 Å². The van der Waals surface area contributed by atoms with Gasteiger partial charge in [-0.2, -0.15) is 0 Å². The van der Waals surface area contributed by atoms with Crippen LogP contribution < -0.4 is 0 Å². The largest absolute Gasteiger partial charge is 0.469 e. The summed E-state index contributed by atoms with van der Waals surface area (Å²) in [6, 6.07) is 12.3. The summed E-state index contributed by atoms with van der Waals surface area (Å²) in [6.45, 7) is 0. The molecule has 2 aromatic rings. The molecule has 30 unspecified atom stereocenters. The molecule has 1 aromatic carbocycles. The van der Waals surface area contributed by atoms with Crippen molar-refractivity contribution in [2.75, 3.05) is 7.11 Å². The number of hydrogen-bond donors (Lipinski definition) is 0. The van der Waals surface area contributed by atoms with E-state index in [-0.39, 0.29) is 11.4 Å². The van der Waals surface area contributed by atoms with Crippen LogP contribution in [0, 0.1) is 171 Å². The Kier molecular flexibility index (Phi) is 4.72. The van der Waals surface area contributed by atoms with Gasteiger partial charge < -0.3 is 4.74 Å². The van der Waals surface area contributed by atoms with E-state index >= 15 is 0 Å². The Morgan fingerprint density at radius 3 is 1.89 bits per heavy atom. The lowest BCUT2D eigenvalue weighted by Crippen LogP contribution is -2.59. The van der Waals surface area contributed by atoms with Gasteiger partial charge in [0.2, 0.25) is 0 Å². The molecule has 2 nitrogen and oxygen atoms in total. The highest BCUT2D eigenvalue weighted by Gasteiger charge is 3.00. The van der Waals surface area contributed by atoms with E-state index in [9.17, 15) is 4.79 Å². The maximum absolute atomic E-state index is 12.7. The van der Waals surface area contributed by atoms with Crippen LogP contribution in [-0.2, 0) is 14.9 Å². The zero-order valence-electron chi connectivity index (χ0n) is 33.8. The summed E-state index contributed by atoms with van der Waals surface area (Å²) < 4.78 is 6.81. The van der Waals surface area contributed by atoms with Gasteiger partial charge in [0.15, 0.2) is 0 Å². The van der Waals surface area contributed by atoms with Crippen molar-refractivity contribution in [3.05, 3.63) is 46.9 Å². The van der Waals surface area contributed by atoms with Crippen molar-refractivity contribution in [3.8, 4) is 0 Å². The van der Waals surface area contributed by atoms with E-state index in [1.807, 2.05) is 4.88 Å². The molecule has 30 atom stereocenters. The van der Waals surface area contributed by atoms with Crippen LogP contribution in [0.3, 0.4) is 0 Å². The highest BCUT2D eigenvalue weighted by atomic mass is 32.1. The van der Waals surface area contributed by atoms with Crippen molar-refractivity contribution in [3.63, 3.8) is 0 Å². The average Bonchev–Trinajstić information content (AvgIpc) is 4.01. The predicted molar refractivity (Wildman–Crippen MR) is 218 cm³/mol. The third-order valence-electron chi connectivity index (χ3n) is 26.8. The second kappa shape index (κ2) is 8.85. The number of rotatable bonds is 6. The summed E-state index contributed by atoms with van der Waals surface area (Å²) in [5.74, 6) is 29.7. The molecule has 0 saturated heterocycles. The maximum Gasteiger partial charge on any atom is 0.305 e. The van der Waals surface area contributed by atoms with Crippen LogP contribution >= 0.6 is 11.3 Å². The van der Waals surface area contributed by atoms with Crippen LogP contribution in [0.1, 0.15) is 81.9 Å². The molecule has 0 amide bonds. The second-order valence-electron chi connectivity index (χ2n) is 25.9. The van der Waals surface area contributed by atoms with E-state index in [0.717, 1.165) is 143 Å². The normalized spacial score (nSPS) is 68.7. The molecule has 16 saturated carbocycles. The van der Waals surface area contributed by atoms with Crippen molar-refractivity contribution in [2.45, 2.75) is 82.5 Å². The van der Waals surface area contributed by atoms with Crippen LogP contribution in [0.2, 0.25) is 0 Å².